The van der Waals surface area contributed by atoms with E-state index in [9.17, 15) is 24.2 Å². The number of carbonyl (C=O) groups is 2. The molecule has 11 heteroatoms. The lowest BCUT2D eigenvalue weighted by molar-refractivity contribution is -0.161. The minimum absolute atomic E-state index is 0.164. The van der Waals surface area contributed by atoms with Crippen molar-refractivity contribution in [1.29, 1.82) is 0 Å². The van der Waals surface area contributed by atoms with E-state index in [4.69, 9.17) is 19.1 Å². The molecule has 0 radical (unpaired) electrons. The highest BCUT2D eigenvalue weighted by Gasteiger charge is 2.27. The predicted octanol–water partition coefficient (Wildman–Crippen LogP) is 10.9. The molecule has 3 N–H and O–H groups in total. The van der Waals surface area contributed by atoms with Gasteiger partial charge in [-0.2, -0.15) is 0 Å². The van der Waals surface area contributed by atoms with Crippen LogP contribution in [0.25, 0.3) is 0 Å². The molecule has 0 rings (SSSR count). The van der Waals surface area contributed by atoms with Crippen LogP contribution in [0.15, 0.2) is 48.6 Å². The molecule has 0 saturated carbocycles. The van der Waals surface area contributed by atoms with E-state index in [0.29, 0.717) is 12.8 Å². The first-order valence-corrected chi connectivity index (χ1v) is 22.6. The topological polar surface area (TPSA) is 149 Å². The van der Waals surface area contributed by atoms with Gasteiger partial charge in [0.05, 0.1) is 19.8 Å². The Morgan fingerprint density at radius 2 is 0.963 bits per heavy atom. The van der Waals surface area contributed by atoms with Crippen LogP contribution in [0.5, 0.6) is 0 Å². The molecule has 54 heavy (non-hydrogen) atoms. The zero-order chi connectivity index (χ0) is 39.8. The lowest BCUT2D eigenvalue weighted by Crippen LogP contribution is -2.29. The van der Waals surface area contributed by atoms with Gasteiger partial charge >= 0.3 is 19.8 Å². The van der Waals surface area contributed by atoms with Gasteiger partial charge in [0.1, 0.15) is 12.7 Å². The maximum absolute atomic E-state index is 12.6. The maximum atomic E-state index is 12.6. The van der Waals surface area contributed by atoms with Crippen molar-refractivity contribution in [1.82, 2.24) is 0 Å². The van der Waals surface area contributed by atoms with Gasteiger partial charge in [0.2, 0.25) is 0 Å². The summed E-state index contributed by atoms with van der Waals surface area (Å²) in [5.41, 5.74) is 0. The second kappa shape index (κ2) is 39.2. The molecule has 3 unspecified atom stereocenters. The number of allylic oxidation sites excluding steroid dienone is 8. The number of carbonyl (C=O) groups excluding carboxylic acids is 2. The first-order chi connectivity index (χ1) is 26.2. The summed E-state index contributed by atoms with van der Waals surface area (Å²) in [6, 6.07) is 0. The summed E-state index contributed by atoms with van der Waals surface area (Å²) in [6.07, 6.45) is 40.7. The van der Waals surface area contributed by atoms with E-state index in [2.05, 4.69) is 67.0 Å². The molecule has 0 aliphatic heterocycles. The van der Waals surface area contributed by atoms with Crippen LogP contribution in [0.3, 0.4) is 0 Å². The molecule has 0 aromatic rings. The number of aliphatic hydroxyl groups excluding tert-OH is 2. The highest BCUT2D eigenvalue weighted by Crippen LogP contribution is 2.43. The molecule has 0 aliphatic carbocycles. The molecule has 0 aliphatic rings. The number of hydrogen-bond donors (Lipinski definition) is 3. The molecule has 0 aromatic heterocycles. The van der Waals surface area contributed by atoms with E-state index in [-0.39, 0.29) is 19.4 Å². The van der Waals surface area contributed by atoms with Gasteiger partial charge in [-0.25, -0.2) is 4.57 Å². The molecule has 10 nitrogen and oxygen atoms in total. The number of phosphoric ester groups is 1. The standard InChI is InChI=1S/C43H77O10P/c1-3-5-7-9-11-13-15-17-19-21-23-25-27-29-31-33-35-43(47)53-41(39-52-54(48,49)51-37-40(45)36-44)38-50-42(46)34-32-30-28-26-24-22-20-18-16-14-12-10-8-6-4-2/h12-15,18-21,40-41,44-45H,3-11,16-17,22-39H2,1-2H3,(H,48,49)/b14-12-,15-13-,20-18-,21-19-. The first-order valence-electron chi connectivity index (χ1n) is 21.1. The number of esters is 2. The van der Waals surface area contributed by atoms with Crippen molar-refractivity contribution in [3.05, 3.63) is 48.6 Å². The summed E-state index contributed by atoms with van der Waals surface area (Å²) in [6.45, 7) is 2.29. The molecule has 0 fully saturated rings. The smallest absolute Gasteiger partial charge is 0.462 e. The summed E-state index contributed by atoms with van der Waals surface area (Å²) >= 11 is 0. The average molecular weight is 785 g/mol. The highest BCUT2D eigenvalue weighted by molar-refractivity contribution is 7.47. The summed E-state index contributed by atoms with van der Waals surface area (Å²) in [4.78, 5) is 34.9. The van der Waals surface area contributed by atoms with Crippen LogP contribution in [-0.4, -0.2) is 65.7 Å². The van der Waals surface area contributed by atoms with E-state index >= 15 is 0 Å². The van der Waals surface area contributed by atoms with Crippen molar-refractivity contribution < 1.29 is 47.8 Å². The minimum Gasteiger partial charge on any atom is -0.462 e. The van der Waals surface area contributed by atoms with Gasteiger partial charge in [-0.3, -0.25) is 18.6 Å². The third kappa shape index (κ3) is 38.2. The first kappa shape index (κ1) is 51.9. The van der Waals surface area contributed by atoms with Crippen LogP contribution >= 0.6 is 7.82 Å². The molecule has 0 amide bonds. The Kier molecular flexibility index (Phi) is 37.7. The fourth-order valence-electron chi connectivity index (χ4n) is 5.40. The van der Waals surface area contributed by atoms with Crippen LogP contribution in [-0.2, 0) is 32.7 Å². The molecule has 0 saturated heterocycles. The monoisotopic (exact) mass is 785 g/mol. The molecule has 314 valence electrons. The van der Waals surface area contributed by atoms with E-state index in [1.54, 1.807) is 0 Å². The van der Waals surface area contributed by atoms with E-state index in [0.717, 1.165) is 89.9 Å². The molecule has 0 spiro atoms. The van der Waals surface area contributed by atoms with Gasteiger partial charge in [0, 0.05) is 12.8 Å². The van der Waals surface area contributed by atoms with Gasteiger partial charge < -0.3 is 24.6 Å². The van der Waals surface area contributed by atoms with Crippen molar-refractivity contribution in [3.8, 4) is 0 Å². The van der Waals surface area contributed by atoms with Gasteiger partial charge in [-0.1, -0.05) is 133 Å². The molecule has 3 atom stereocenters. The third-order valence-corrected chi connectivity index (χ3v) is 9.66. The van der Waals surface area contributed by atoms with Crippen molar-refractivity contribution in [2.24, 2.45) is 0 Å². The van der Waals surface area contributed by atoms with Gasteiger partial charge in [0.25, 0.3) is 0 Å². The fraction of sp³-hybridized carbons (Fsp3) is 0.767. The number of phosphoric acid groups is 1. The van der Waals surface area contributed by atoms with Crippen LogP contribution < -0.4 is 0 Å². The number of ether oxygens (including phenoxy) is 2. The second-order valence-corrected chi connectivity index (χ2v) is 15.5. The molecule has 0 heterocycles. The van der Waals surface area contributed by atoms with Crippen LogP contribution in [0.2, 0.25) is 0 Å². The van der Waals surface area contributed by atoms with Crippen molar-refractivity contribution in [2.75, 3.05) is 26.4 Å². The van der Waals surface area contributed by atoms with E-state index in [1.807, 2.05) is 0 Å². The van der Waals surface area contributed by atoms with E-state index < -0.39 is 51.8 Å². The van der Waals surface area contributed by atoms with Crippen LogP contribution in [0.4, 0.5) is 0 Å². The summed E-state index contributed by atoms with van der Waals surface area (Å²) in [7, 11) is -4.62. The van der Waals surface area contributed by atoms with E-state index in [1.165, 1.54) is 44.9 Å². The fourth-order valence-corrected chi connectivity index (χ4v) is 6.19. The Morgan fingerprint density at radius 3 is 1.46 bits per heavy atom. The Balaban J connectivity index is 4.37. The largest absolute Gasteiger partial charge is 0.472 e. The van der Waals surface area contributed by atoms with Gasteiger partial charge in [-0.15, -0.1) is 0 Å². The van der Waals surface area contributed by atoms with Crippen LogP contribution in [0, 0.1) is 0 Å². The Labute approximate surface area is 328 Å². The lowest BCUT2D eigenvalue weighted by Gasteiger charge is -2.20. The molecule has 0 aromatic carbocycles. The maximum Gasteiger partial charge on any atom is 0.472 e. The van der Waals surface area contributed by atoms with Gasteiger partial charge in [0.15, 0.2) is 6.10 Å². The second-order valence-electron chi connectivity index (χ2n) is 14.0. The van der Waals surface area contributed by atoms with Crippen LogP contribution in [0.1, 0.15) is 174 Å². The van der Waals surface area contributed by atoms with Crippen molar-refractivity contribution in [3.63, 3.8) is 0 Å². The quantitative estimate of drug-likeness (QED) is 0.0238. The van der Waals surface area contributed by atoms with Crippen molar-refractivity contribution >= 4 is 19.8 Å². The summed E-state index contributed by atoms with van der Waals surface area (Å²) < 4.78 is 32.7. The zero-order valence-corrected chi connectivity index (χ0v) is 34.8. The third-order valence-electron chi connectivity index (χ3n) is 8.71. The Hall–Kier alpha value is -2.07. The number of hydrogen-bond acceptors (Lipinski definition) is 9. The zero-order valence-electron chi connectivity index (χ0n) is 33.9. The summed E-state index contributed by atoms with van der Waals surface area (Å²) in [5, 5.41) is 18.3. The predicted molar refractivity (Wildman–Crippen MR) is 219 cm³/mol. The average Bonchev–Trinajstić information content (AvgIpc) is 3.16. The van der Waals surface area contributed by atoms with Gasteiger partial charge in [-0.05, 0) is 77.0 Å². The lowest BCUT2D eigenvalue weighted by atomic mass is 10.1. The number of aliphatic hydroxyl groups is 2. The Morgan fingerprint density at radius 1 is 0.556 bits per heavy atom. The van der Waals surface area contributed by atoms with Crippen molar-refractivity contribution in [2.45, 2.75) is 187 Å². The minimum atomic E-state index is -4.62. The summed E-state index contributed by atoms with van der Waals surface area (Å²) in [5.74, 6) is -0.959. The molecular weight excluding hydrogens is 707 g/mol. The number of unbranched alkanes of at least 4 members (excludes halogenated alkanes) is 17. The normalized spacial score (nSPS) is 14.4. The Bertz CT molecular complexity index is 1040. The number of rotatable bonds is 39. The molecule has 0 bridgehead atoms. The highest BCUT2D eigenvalue weighted by atomic mass is 31.2. The SMILES string of the molecule is CCCCC/C=C\C/C=C\CCCCCCCC(=O)OCC(COP(=O)(O)OCC(O)CO)OC(=O)CCCCCCC/C=C\C/C=C\CCCCCC. The molecular formula is C43H77O10P.